The lowest BCUT2D eigenvalue weighted by atomic mass is 9.76. The monoisotopic (exact) mass is 392 g/mol. The molecule has 4 rings (SSSR count). The summed E-state index contributed by atoms with van der Waals surface area (Å²) in [6, 6.07) is 8.59. The van der Waals surface area contributed by atoms with Crippen molar-refractivity contribution < 1.29 is 17.9 Å². The van der Waals surface area contributed by atoms with Gasteiger partial charge in [0, 0.05) is 39.1 Å². The van der Waals surface area contributed by atoms with Crippen LogP contribution in [0, 0.1) is 5.41 Å². The summed E-state index contributed by atoms with van der Waals surface area (Å²) >= 11 is 0. The molecule has 0 radical (unpaired) electrons. The summed E-state index contributed by atoms with van der Waals surface area (Å²) in [4.78, 5) is 15.0. The van der Waals surface area contributed by atoms with E-state index >= 15 is 0 Å². The summed E-state index contributed by atoms with van der Waals surface area (Å²) < 4.78 is 30.6. The molecule has 2 fully saturated rings. The van der Waals surface area contributed by atoms with E-state index in [1.165, 1.54) is 21.7 Å². The Labute approximate surface area is 161 Å². The summed E-state index contributed by atoms with van der Waals surface area (Å²) in [5.74, 6) is -0.121. The van der Waals surface area contributed by atoms with Gasteiger partial charge in [-0.15, -0.1) is 0 Å². The predicted molar refractivity (Wildman–Crippen MR) is 103 cm³/mol. The molecule has 0 aromatic heterocycles. The van der Waals surface area contributed by atoms with Crippen LogP contribution in [0.5, 0.6) is 0 Å². The standard InChI is InChI=1S/C20H28N2O4S/c1-27(24,25)22-12-8-20(9-13-22)14-18(26-19(20)23)7-11-21-10-6-16-4-2-3-5-17(16)15-21/h2-5,18H,6-15H2,1H3. The number of hydrogen-bond donors (Lipinski definition) is 0. The maximum atomic E-state index is 12.5. The number of carbonyl (C=O) groups excluding carboxylic acids is 1. The Kier molecular flexibility index (Phi) is 5.03. The summed E-state index contributed by atoms with van der Waals surface area (Å²) in [5, 5.41) is 0. The normalized spacial score (nSPS) is 26.1. The van der Waals surface area contributed by atoms with Crippen molar-refractivity contribution in [3.05, 3.63) is 35.4 Å². The van der Waals surface area contributed by atoms with Crippen molar-refractivity contribution in [1.29, 1.82) is 0 Å². The van der Waals surface area contributed by atoms with Crippen LogP contribution in [-0.4, -0.2) is 62.1 Å². The molecule has 1 aromatic rings. The average Bonchev–Trinajstić information content (AvgIpc) is 2.94. The fourth-order valence-electron chi connectivity index (χ4n) is 4.72. The van der Waals surface area contributed by atoms with Crippen molar-refractivity contribution in [3.63, 3.8) is 0 Å². The van der Waals surface area contributed by atoms with Crippen molar-refractivity contribution in [2.45, 2.75) is 44.8 Å². The Morgan fingerprint density at radius 2 is 1.85 bits per heavy atom. The number of rotatable bonds is 4. The summed E-state index contributed by atoms with van der Waals surface area (Å²) in [6.07, 6.45) is 5.00. The molecule has 0 aliphatic carbocycles. The zero-order valence-electron chi connectivity index (χ0n) is 15.9. The van der Waals surface area contributed by atoms with Crippen molar-refractivity contribution >= 4 is 16.0 Å². The molecule has 7 heteroatoms. The third kappa shape index (κ3) is 3.91. The summed E-state index contributed by atoms with van der Waals surface area (Å²) in [5.41, 5.74) is 2.37. The highest BCUT2D eigenvalue weighted by molar-refractivity contribution is 7.88. The van der Waals surface area contributed by atoms with Crippen molar-refractivity contribution in [3.8, 4) is 0 Å². The van der Waals surface area contributed by atoms with Gasteiger partial charge in [0.05, 0.1) is 11.7 Å². The average molecular weight is 393 g/mol. The Hall–Kier alpha value is -1.44. The van der Waals surface area contributed by atoms with E-state index in [4.69, 9.17) is 4.74 Å². The summed E-state index contributed by atoms with van der Waals surface area (Å²) in [7, 11) is -3.18. The number of esters is 1. The number of cyclic esters (lactones) is 1. The first-order chi connectivity index (χ1) is 12.9. The molecule has 1 atom stereocenters. The first-order valence-electron chi connectivity index (χ1n) is 9.81. The van der Waals surface area contributed by atoms with Gasteiger partial charge in [-0.2, -0.15) is 0 Å². The molecule has 148 valence electrons. The van der Waals surface area contributed by atoms with Crippen molar-refractivity contribution in [1.82, 2.24) is 9.21 Å². The second-order valence-electron chi connectivity index (χ2n) is 8.26. The van der Waals surface area contributed by atoms with Gasteiger partial charge in [-0.05, 0) is 36.8 Å². The molecule has 0 saturated carbocycles. The van der Waals surface area contributed by atoms with Crippen molar-refractivity contribution in [2.24, 2.45) is 5.41 Å². The van der Waals surface area contributed by atoms with Gasteiger partial charge in [-0.1, -0.05) is 24.3 Å². The highest BCUT2D eigenvalue weighted by atomic mass is 32.2. The topological polar surface area (TPSA) is 66.9 Å². The van der Waals surface area contributed by atoms with E-state index in [9.17, 15) is 13.2 Å². The molecule has 0 amide bonds. The van der Waals surface area contributed by atoms with Crippen LogP contribution >= 0.6 is 0 Å². The van der Waals surface area contributed by atoms with Gasteiger partial charge < -0.3 is 4.74 Å². The number of fused-ring (bicyclic) bond motifs is 1. The molecule has 1 unspecified atom stereocenters. The lowest BCUT2D eigenvalue weighted by Crippen LogP contribution is -2.44. The third-order valence-corrected chi connectivity index (χ3v) is 7.75. The van der Waals surface area contributed by atoms with Crippen LogP contribution in [0.3, 0.4) is 0 Å². The second kappa shape index (κ2) is 7.18. The second-order valence-corrected chi connectivity index (χ2v) is 10.2. The van der Waals surface area contributed by atoms with Gasteiger partial charge >= 0.3 is 5.97 Å². The molecule has 1 spiro atoms. The van der Waals surface area contributed by atoms with E-state index in [2.05, 4.69) is 29.2 Å². The molecule has 2 saturated heterocycles. The van der Waals surface area contributed by atoms with E-state index in [0.717, 1.165) is 38.9 Å². The van der Waals surface area contributed by atoms with E-state index in [1.807, 2.05) is 0 Å². The minimum atomic E-state index is -3.18. The molecule has 27 heavy (non-hydrogen) atoms. The molecule has 6 nitrogen and oxygen atoms in total. The molecule has 0 bridgehead atoms. The minimum absolute atomic E-state index is 0.0422. The Morgan fingerprint density at radius 3 is 2.56 bits per heavy atom. The maximum absolute atomic E-state index is 12.5. The highest BCUT2D eigenvalue weighted by Crippen LogP contribution is 2.44. The number of sulfonamides is 1. The minimum Gasteiger partial charge on any atom is -0.462 e. The summed E-state index contributed by atoms with van der Waals surface area (Å²) in [6.45, 7) is 3.78. The third-order valence-electron chi connectivity index (χ3n) is 6.45. The first kappa shape index (κ1) is 18.9. The number of carbonyl (C=O) groups is 1. The molecule has 0 N–H and O–H groups in total. The molecular formula is C20H28N2O4S. The number of benzene rings is 1. The zero-order chi connectivity index (χ0) is 19.1. The highest BCUT2D eigenvalue weighted by Gasteiger charge is 2.51. The van der Waals surface area contributed by atoms with Gasteiger partial charge in [-0.3, -0.25) is 9.69 Å². The number of hydrogen-bond acceptors (Lipinski definition) is 5. The maximum Gasteiger partial charge on any atom is 0.312 e. The zero-order valence-corrected chi connectivity index (χ0v) is 16.7. The van der Waals surface area contributed by atoms with Crippen LogP contribution < -0.4 is 0 Å². The van der Waals surface area contributed by atoms with Crippen LogP contribution in [0.1, 0.15) is 36.8 Å². The Balaban J connectivity index is 1.30. The Morgan fingerprint density at radius 1 is 1.15 bits per heavy atom. The SMILES string of the molecule is CS(=O)(=O)N1CCC2(CC1)CC(CCN1CCc3ccccc3C1)OC2=O. The number of piperidine rings is 1. The van der Waals surface area contributed by atoms with Crippen molar-refractivity contribution in [2.75, 3.05) is 32.4 Å². The first-order valence-corrected chi connectivity index (χ1v) is 11.7. The lowest BCUT2D eigenvalue weighted by molar-refractivity contribution is -0.150. The van der Waals surface area contributed by atoms with Crippen LogP contribution in [-0.2, 0) is 32.5 Å². The smallest absolute Gasteiger partial charge is 0.312 e. The van der Waals surface area contributed by atoms with E-state index in [1.54, 1.807) is 0 Å². The lowest BCUT2D eigenvalue weighted by Gasteiger charge is -2.35. The molecule has 3 aliphatic rings. The van der Waals surface area contributed by atoms with E-state index < -0.39 is 15.4 Å². The quantitative estimate of drug-likeness (QED) is 0.731. The van der Waals surface area contributed by atoms with Gasteiger partial charge in [-0.25, -0.2) is 12.7 Å². The van der Waals surface area contributed by atoms with E-state index in [0.29, 0.717) is 25.9 Å². The van der Waals surface area contributed by atoms with E-state index in [-0.39, 0.29) is 12.1 Å². The predicted octanol–water partition coefficient (Wildman–Crippen LogP) is 1.79. The van der Waals surface area contributed by atoms with Gasteiger partial charge in [0.15, 0.2) is 0 Å². The van der Waals surface area contributed by atoms with Gasteiger partial charge in [0.2, 0.25) is 10.0 Å². The molecule has 1 aromatic carbocycles. The van der Waals surface area contributed by atoms with Crippen LogP contribution in [0.4, 0.5) is 0 Å². The fourth-order valence-corrected chi connectivity index (χ4v) is 5.57. The molecular weight excluding hydrogens is 364 g/mol. The largest absolute Gasteiger partial charge is 0.462 e. The van der Waals surface area contributed by atoms with Gasteiger partial charge in [0.1, 0.15) is 6.10 Å². The number of ether oxygens (including phenoxy) is 1. The Bertz CT molecular complexity index is 815. The fraction of sp³-hybridized carbons (Fsp3) is 0.650. The van der Waals surface area contributed by atoms with Crippen LogP contribution in [0.2, 0.25) is 0 Å². The van der Waals surface area contributed by atoms with Crippen LogP contribution in [0.15, 0.2) is 24.3 Å². The molecule has 3 heterocycles. The van der Waals surface area contributed by atoms with Gasteiger partial charge in [0.25, 0.3) is 0 Å². The van der Waals surface area contributed by atoms with Crippen LogP contribution in [0.25, 0.3) is 0 Å². The number of nitrogens with zero attached hydrogens (tertiary/aromatic N) is 2. The molecule has 3 aliphatic heterocycles.